The maximum atomic E-state index is 11.8. The van der Waals surface area contributed by atoms with Crippen molar-refractivity contribution < 1.29 is 14.5 Å². The van der Waals surface area contributed by atoms with Gasteiger partial charge in [-0.3, -0.25) is 19.7 Å². The molecule has 2 N–H and O–H groups in total. The Bertz CT molecular complexity index is 574. The summed E-state index contributed by atoms with van der Waals surface area (Å²) in [6.07, 6.45) is 2.85. The average Bonchev–Trinajstić information content (AvgIpc) is 3.20. The van der Waals surface area contributed by atoms with Crippen LogP contribution >= 0.6 is 11.6 Å². The molecular formula is C11H11ClN4O4. The number of aromatic nitrogens is 1. The largest absolute Gasteiger partial charge is 0.352 e. The van der Waals surface area contributed by atoms with Crippen LogP contribution in [0.5, 0.6) is 0 Å². The number of carbonyl (C=O) groups excluding carboxylic acids is 2. The van der Waals surface area contributed by atoms with E-state index in [1.165, 1.54) is 0 Å². The Kier molecular flexibility index (Phi) is 4.14. The predicted molar refractivity (Wildman–Crippen MR) is 69.4 cm³/mol. The molecule has 1 aromatic rings. The van der Waals surface area contributed by atoms with Gasteiger partial charge in [0.25, 0.3) is 11.6 Å². The lowest BCUT2D eigenvalue weighted by Crippen LogP contribution is -2.38. The van der Waals surface area contributed by atoms with Crippen LogP contribution in [-0.2, 0) is 4.79 Å². The van der Waals surface area contributed by atoms with Gasteiger partial charge in [-0.1, -0.05) is 11.6 Å². The molecule has 1 heterocycles. The number of amides is 2. The topological polar surface area (TPSA) is 114 Å². The van der Waals surface area contributed by atoms with Crippen molar-refractivity contribution in [3.8, 4) is 0 Å². The van der Waals surface area contributed by atoms with Gasteiger partial charge in [0.05, 0.1) is 17.0 Å². The van der Waals surface area contributed by atoms with Crippen molar-refractivity contribution >= 4 is 29.1 Å². The lowest BCUT2D eigenvalue weighted by atomic mass is 10.2. The van der Waals surface area contributed by atoms with E-state index in [0.29, 0.717) is 0 Å². The van der Waals surface area contributed by atoms with E-state index in [1.54, 1.807) is 0 Å². The molecule has 0 spiro atoms. The van der Waals surface area contributed by atoms with Gasteiger partial charge in [-0.15, -0.1) is 0 Å². The van der Waals surface area contributed by atoms with E-state index in [-0.39, 0.29) is 34.9 Å². The summed E-state index contributed by atoms with van der Waals surface area (Å²) in [6, 6.07) is 1.21. The fourth-order valence-electron chi connectivity index (χ4n) is 1.46. The second-order valence-corrected chi connectivity index (χ2v) is 4.67. The third-order valence-electron chi connectivity index (χ3n) is 2.63. The van der Waals surface area contributed by atoms with Crippen LogP contribution in [0.1, 0.15) is 23.2 Å². The van der Waals surface area contributed by atoms with Crippen LogP contribution in [-0.4, -0.2) is 34.3 Å². The van der Waals surface area contributed by atoms with Gasteiger partial charge in [-0.2, -0.15) is 0 Å². The number of nitrogens with one attached hydrogen (secondary N) is 2. The summed E-state index contributed by atoms with van der Waals surface area (Å²) in [5.41, 5.74) is -0.484. The molecule has 1 aliphatic rings. The minimum absolute atomic E-state index is 0.139. The lowest BCUT2D eigenvalue weighted by molar-refractivity contribution is -0.385. The van der Waals surface area contributed by atoms with Crippen LogP contribution in [0, 0.1) is 10.1 Å². The first-order chi connectivity index (χ1) is 9.47. The molecule has 8 nitrogen and oxygen atoms in total. The Morgan fingerprint density at radius 1 is 1.50 bits per heavy atom. The van der Waals surface area contributed by atoms with E-state index >= 15 is 0 Å². The highest BCUT2D eigenvalue weighted by Crippen LogP contribution is 2.19. The second-order valence-electron chi connectivity index (χ2n) is 4.31. The Morgan fingerprint density at radius 2 is 2.20 bits per heavy atom. The van der Waals surface area contributed by atoms with Gasteiger partial charge >= 0.3 is 0 Å². The zero-order chi connectivity index (χ0) is 14.7. The third kappa shape index (κ3) is 3.64. The average molecular weight is 299 g/mol. The van der Waals surface area contributed by atoms with Gasteiger partial charge < -0.3 is 10.6 Å². The summed E-state index contributed by atoms with van der Waals surface area (Å²) in [5, 5.41) is 15.5. The molecule has 1 saturated carbocycles. The molecule has 1 fully saturated rings. The molecule has 2 amide bonds. The lowest BCUT2D eigenvalue weighted by Gasteiger charge is -2.06. The number of rotatable bonds is 5. The van der Waals surface area contributed by atoms with E-state index in [0.717, 1.165) is 25.1 Å². The molecular weight excluding hydrogens is 288 g/mol. The van der Waals surface area contributed by atoms with Crippen LogP contribution in [0.3, 0.4) is 0 Å². The first-order valence-electron chi connectivity index (χ1n) is 5.85. The van der Waals surface area contributed by atoms with Crippen molar-refractivity contribution in [2.75, 3.05) is 6.54 Å². The Morgan fingerprint density at radius 3 is 2.80 bits per heavy atom. The van der Waals surface area contributed by atoms with Gasteiger partial charge in [0.1, 0.15) is 11.3 Å². The molecule has 1 aromatic heterocycles. The maximum Gasteiger partial charge on any atom is 0.288 e. The number of nitro groups is 1. The molecule has 0 atom stereocenters. The van der Waals surface area contributed by atoms with Crippen LogP contribution in [0.25, 0.3) is 0 Å². The Hall–Kier alpha value is -2.22. The minimum Gasteiger partial charge on any atom is -0.352 e. The Balaban J connectivity index is 1.98. The maximum absolute atomic E-state index is 11.8. The van der Waals surface area contributed by atoms with Crippen LogP contribution < -0.4 is 10.6 Å². The van der Waals surface area contributed by atoms with Crippen molar-refractivity contribution in [2.45, 2.75) is 18.9 Å². The first-order valence-corrected chi connectivity index (χ1v) is 6.22. The molecule has 1 aliphatic carbocycles. The Labute approximate surface area is 118 Å². The normalized spacial score (nSPS) is 13.7. The number of nitrogens with zero attached hydrogens (tertiary/aromatic N) is 2. The highest BCUT2D eigenvalue weighted by molar-refractivity contribution is 6.32. The highest BCUT2D eigenvalue weighted by Gasteiger charge is 2.23. The van der Waals surface area contributed by atoms with Crippen LogP contribution in [0.4, 0.5) is 5.69 Å². The van der Waals surface area contributed by atoms with Crippen molar-refractivity contribution in [2.24, 2.45) is 0 Å². The smallest absolute Gasteiger partial charge is 0.288 e. The molecule has 0 radical (unpaired) electrons. The zero-order valence-electron chi connectivity index (χ0n) is 10.3. The van der Waals surface area contributed by atoms with E-state index in [2.05, 4.69) is 15.6 Å². The summed E-state index contributed by atoms with van der Waals surface area (Å²) >= 11 is 5.71. The molecule has 106 valence electrons. The van der Waals surface area contributed by atoms with Gasteiger partial charge in [0, 0.05) is 12.1 Å². The number of hydrogen-bond acceptors (Lipinski definition) is 5. The second kappa shape index (κ2) is 5.83. The fourth-order valence-corrected chi connectivity index (χ4v) is 1.65. The van der Waals surface area contributed by atoms with Gasteiger partial charge in [-0.05, 0) is 12.8 Å². The number of halogens is 1. The minimum atomic E-state index is -0.683. The van der Waals surface area contributed by atoms with Gasteiger partial charge in [0.15, 0.2) is 0 Å². The van der Waals surface area contributed by atoms with E-state index in [4.69, 9.17) is 11.6 Å². The van der Waals surface area contributed by atoms with Crippen molar-refractivity contribution in [1.29, 1.82) is 0 Å². The molecule has 20 heavy (non-hydrogen) atoms. The first kappa shape index (κ1) is 14.2. The van der Waals surface area contributed by atoms with E-state index in [1.807, 2.05) is 0 Å². The van der Waals surface area contributed by atoms with Crippen LogP contribution in [0.15, 0.2) is 12.3 Å². The molecule has 0 aromatic carbocycles. The standard InChI is InChI=1S/C11H11ClN4O4/c12-10-8(3-7(4-13-10)16(19)20)11(18)14-5-9(17)15-6-1-2-6/h3-4,6H,1-2,5H2,(H,14,18)(H,15,17). The molecule has 0 bridgehead atoms. The number of pyridine rings is 1. The summed E-state index contributed by atoms with van der Waals surface area (Å²) in [5.74, 6) is -0.993. The summed E-state index contributed by atoms with van der Waals surface area (Å²) in [7, 11) is 0. The summed E-state index contributed by atoms with van der Waals surface area (Å²) in [6.45, 7) is -0.214. The quantitative estimate of drug-likeness (QED) is 0.470. The van der Waals surface area contributed by atoms with Gasteiger partial charge in [-0.25, -0.2) is 4.98 Å². The fraction of sp³-hybridized carbons (Fsp3) is 0.364. The summed E-state index contributed by atoms with van der Waals surface area (Å²) < 4.78 is 0. The summed E-state index contributed by atoms with van der Waals surface area (Å²) in [4.78, 5) is 36.7. The van der Waals surface area contributed by atoms with Gasteiger partial charge in [0.2, 0.25) is 5.91 Å². The van der Waals surface area contributed by atoms with E-state index in [9.17, 15) is 19.7 Å². The van der Waals surface area contributed by atoms with Crippen LogP contribution in [0.2, 0.25) is 5.15 Å². The molecule has 0 saturated heterocycles. The SMILES string of the molecule is O=C(CNC(=O)c1cc([N+](=O)[O-])cnc1Cl)NC1CC1. The third-order valence-corrected chi connectivity index (χ3v) is 2.93. The number of carbonyl (C=O) groups is 2. The predicted octanol–water partition coefficient (Wildman–Crippen LogP) is 0.652. The van der Waals surface area contributed by atoms with Crippen molar-refractivity contribution in [3.05, 3.63) is 33.1 Å². The number of hydrogen-bond donors (Lipinski definition) is 2. The monoisotopic (exact) mass is 298 g/mol. The molecule has 0 aliphatic heterocycles. The molecule has 9 heteroatoms. The van der Waals surface area contributed by atoms with Crippen molar-refractivity contribution in [3.63, 3.8) is 0 Å². The zero-order valence-corrected chi connectivity index (χ0v) is 11.0. The highest BCUT2D eigenvalue weighted by atomic mass is 35.5. The van der Waals surface area contributed by atoms with E-state index < -0.39 is 10.8 Å². The molecule has 0 unspecified atom stereocenters. The van der Waals surface area contributed by atoms with Crippen molar-refractivity contribution in [1.82, 2.24) is 15.6 Å². The molecule has 2 rings (SSSR count).